The van der Waals surface area contributed by atoms with Gasteiger partial charge in [-0.05, 0) is 63.1 Å². The standard InChI is InChI=1S/C22H25Cl3N2O2/c1-14(21(29)26-22(2,3)4)27(13-16-8-9-18(24)12-19(16)25)20(28)11-15-6-5-7-17(23)10-15/h5-10,12,14H,11,13H2,1-4H3,(H,26,29)/t14-/m1/s1. The molecular weight excluding hydrogens is 431 g/mol. The number of rotatable bonds is 6. The third-order valence-corrected chi connectivity index (χ3v) is 5.09. The molecule has 2 rings (SSSR count). The fraction of sp³-hybridized carbons (Fsp3) is 0.364. The van der Waals surface area contributed by atoms with Crippen LogP contribution in [0.4, 0.5) is 0 Å². The van der Waals surface area contributed by atoms with Crippen molar-refractivity contribution in [3.05, 3.63) is 68.7 Å². The Hall–Kier alpha value is -1.75. The van der Waals surface area contributed by atoms with Crippen molar-refractivity contribution in [2.45, 2.75) is 52.2 Å². The van der Waals surface area contributed by atoms with Crippen molar-refractivity contribution < 1.29 is 9.59 Å². The Morgan fingerprint density at radius 3 is 2.28 bits per heavy atom. The minimum atomic E-state index is -0.687. The summed E-state index contributed by atoms with van der Waals surface area (Å²) in [5.74, 6) is -0.433. The Morgan fingerprint density at radius 2 is 1.69 bits per heavy atom. The van der Waals surface area contributed by atoms with Crippen LogP contribution in [0.15, 0.2) is 42.5 Å². The molecule has 1 atom stereocenters. The van der Waals surface area contributed by atoms with Crippen molar-refractivity contribution in [2.24, 2.45) is 0 Å². The van der Waals surface area contributed by atoms with Crippen molar-refractivity contribution in [2.75, 3.05) is 0 Å². The van der Waals surface area contributed by atoms with E-state index in [9.17, 15) is 9.59 Å². The summed E-state index contributed by atoms with van der Waals surface area (Å²) in [6.45, 7) is 7.58. The highest BCUT2D eigenvalue weighted by molar-refractivity contribution is 6.35. The van der Waals surface area contributed by atoms with Gasteiger partial charge in [-0.3, -0.25) is 9.59 Å². The molecule has 0 aliphatic rings. The van der Waals surface area contributed by atoms with E-state index in [0.717, 1.165) is 5.56 Å². The van der Waals surface area contributed by atoms with E-state index < -0.39 is 11.6 Å². The topological polar surface area (TPSA) is 49.4 Å². The molecule has 1 N–H and O–H groups in total. The van der Waals surface area contributed by atoms with E-state index in [2.05, 4.69) is 5.32 Å². The van der Waals surface area contributed by atoms with E-state index in [1.54, 1.807) is 43.3 Å². The minimum absolute atomic E-state index is 0.124. The van der Waals surface area contributed by atoms with Crippen molar-refractivity contribution in [3.63, 3.8) is 0 Å². The monoisotopic (exact) mass is 454 g/mol. The summed E-state index contributed by atoms with van der Waals surface area (Å²) in [6.07, 6.45) is 0.124. The molecule has 4 nitrogen and oxygen atoms in total. The zero-order valence-electron chi connectivity index (χ0n) is 16.9. The molecule has 0 unspecified atom stereocenters. The molecule has 0 fully saturated rings. The zero-order chi connectivity index (χ0) is 21.8. The molecule has 0 saturated carbocycles. The number of carbonyl (C=O) groups is 2. The smallest absolute Gasteiger partial charge is 0.242 e. The number of hydrogen-bond acceptors (Lipinski definition) is 2. The van der Waals surface area contributed by atoms with Gasteiger partial charge in [0.05, 0.1) is 6.42 Å². The van der Waals surface area contributed by atoms with Crippen LogP contribution >= 0.6 is 34.8 Å². The van der Waals surface area contributed by atoms with E-state index in [1.165, 1.54) is 4.90 Å². The summed E-state index contributed by atoms with van der Waals surface area (Å²) in [6, 6.07) is 11.5. The Balaban J connectivity index is 2.30. The van der Waals surface area contributed by atoms with Gasteiger partial charge in [0.2, 0.25) is 11.8 Å². The van der Waals surface area contributed by atoms with Gasteiger partial charge in [0.15, 0.2) is 0 Å². The molecule has 0 spiro atoms. The molecule has 2 aromatic carbocycles. The van der Waals surface area contributed by atoms with E-state index >= 15 is 0 Å². The first-order valence-electron chi connectivity index (χ1n) is 9.26. The number of hydrogen-bond donors (Lipinski definition) is 1. The molecule has 0 heterocycles. The van der Waals surface area contributed by atoms with Gasteiger partial charge >= 0.3 is 0 Å². The molecule has 0 aliphatic carbocycles. The fourth-order valence-electron chi connectivity index (χ4n) is 2.81. The second-order valence-corrected chi connectivity index (χ2v) is 9.26. The van der Waals surface area contributed by atoms with Crippen LogP contribution in [-0.4, -0.2) is 28.3 Å². The average molecular weight is 456 g/mol. The first-order chi connectivity index (χ1) is 13.5. The lowest BCUT2D eigenvalue weighted by Crippen LogP contribution is -2.52. The molecule has 29 heavy (non-hydrogen) atoms. The van der Waals surface area contributed by atoms with Gasteiger partial charge in [0, 0.05) is 27.2 Å². The van der Waals surface area contributed by atoms with Crippen LogP contribution in [-0.2, 0) is 22.6 Å². The van der Waals surface area contributed by atoms with Gasteiger partial charge in [-0.1, -0.05) is 53.0 Å². The van der Waals surface area contributed by atoms with E-state index in [1.807, 2.05) is 26.8 Å². The molecule has 2 amide bonds. The van der Waals surface area contributed by atoms with Crippen LogP contribution in [0, 0.1) is 0 Å². The van der Waals surface area contributed by atoms with Gasteiger partial charge in [-0.25, -0.2) is 0 Å². The number of carbonyl (C=O) groups excluding carboxylic acids is 2. The predicted octanol–water partition coefficient (Wildman–Crippen LogP) is 5.52. The molecule has 156 valence electrons. The maximum atomic E-state index is 13.2. The highest BCUT2D eigenvalue weighted by Gasteiger charge is 2.28. The minimum Gasteiger partial charge on any atom is -0.350 e. The van der Waals surface area contributed by atoms with Crippen molar-refractivity contribution >= 4 is 46.6 Å². The maximum Gasteiger partial charge on any atom is 0.242 e. The number of amides is 2. The lowest BCUT2D eigenvalue weighted by atomic mass is 10.1. The normalized spacial score (nSPS) is 12.4. The van der Waals surface area contributed by atoms with Crippen LogP contribution in [0.25, 0.3) is 0 Å². The van der Waals surface area contributed by atoms with Gasteiger partial charge in [0.25, 0.3) is 0 Å². The second kappa shape index (κ2) is 9.84. The summed E-state index contributed by atoms with van der Waals surface area (Å²) in [4.78, 5) is 27.4. The predicted molar refractivity (Wildman–Crippen MR) is 120 cm³/mol. The molecule has 0 aliphatic heterocycles. The van der Waals surface area contributed by atoms with Crippen LogP contribution in [0.5, 0.6) is 0 Å². The molecule has 0 saturated heterocycles. The molecule has 2 aromatic rings. The van der Waals surface area contributed by atoms with Crippen molar-refractivity contribution in [3.8, 4) is 0 Å². The van der Waals surface area contributed by atoms with Gasteiger partial charge in [-0.2, -0.15) is 0 Å². The third kappa shape index (κ3) is 7.22. The Kier molecular flexibility index (Phi) is 7.98. The zero-order valence-corrected chi connectivity index (χ0v) is 19.2. The lowest BCUT2D eigenvalue weighted by molar-refractivity contribution is -0.140. The van der Waals surface area contributed by atoms with E-state index in [4.69, 9.17) is 34.8 Å². The van der Waals surface area contributed by atoms with Crippen molar-refractivity contribution in [1.29, 1.82) is 0 Å². The number of halogens is 3. The largest absolute Gasteiger partial charge is 0.350 e. The maximum absolute atomic E-state index is 13.2. The first kappa shape index (κ1) is 23.5. The van der Waals surface area contributed by atoms with Crippen molar-refractivity contribution in [1.82, 2.24) is 10.2 Å². The summed E-state index contributed by atoms with van der Waals surface area (Å²) in [5.41, 5.74) is 1.08. The fourth-order valence-corrected chi connectivity index (χ4v) is 3.49. The van der Waals surface area contributed by atoms with Crippen LogP contribution < -0.4 is 5.32 Å². The van der Waals surface area contributed by atoms with E-state index in [0.29, 0.717) is 20.6 Å². The quantitative estimate of drug-likeness (QED) is 0.623. The number of nitrogens with one attached hydrogen (secondary N) is 1. The summed E-state index contributed by atoms with van der Waals surface area (Å²) < 4.78 is 0. The third-order valence-electron chi connectivity index (χ3n) is 4.27. The molecule has 0 aromatic heterocycles. The Bertz CT molecular complexity index is 894. The molecular formula is C22H25Cl3N2O2. The van der Waals surface area contributed by atoms with Crippen LogP contribution in [0.3, 0.4) is 0 Å². The van der Waals surface area contributed by atoms with Crippen LogP contribution in [0.1, 0.15) is 38.8 Å². The highest BCUT2D eigenvalue weighted by Crippen LogP contribution is 2.24. The number of nitrogens with zero attached hydrogens (tertiary/aromatic N) is 1. The SMILES string of the molecule is C[C@H](C(=O)NC(C)(C)C)N(Cc1ccc(Cl)cc1Cl)C(=O)Cc1cccc(Cl)c1. The summed E-state index contributed by atoms with van der Waals surface area (Å²) >= 11 is 18.3. The van der Waals surface area contributed by atoms with E-state index in [-0.39, 0.29) is 24.8 Å². The first-order valence-corrected chi connectivity index (χ1v) is 10.4. The highest BCUT2D eigenvalue weighted by atomic mass is 35.5. The Labute approximate surface area is 187 Å². The second-order valence-electron chi connectivity index (χ2n) is 7.98. The molecule has 7 heteroatoms. The lowest BCUT2D eigenvalue weighted by Gasteiger charge is -2.31. The molecule has 0 radical (unpaired) electrons. The summed E-state index contributed by atoms with van der Waals surface area (Å²) in [5, 5.41) is 4.44. The average Bonchev–Trinajstić information content (AvgIpc) is 2.59. The van der Waals surface area contributed by atoms with Gasteiger partial charge in [0.1, 0.15) is 6.04 Å². The summed E-state index contributed by atoms with van der Waals surface area (Å²) in [7, 11) is 0. The molecule has 0 bridgehead atoms. The Morgan fingerprint density at radius 1 is 1.03 bits per heavy atom. The van der Waals surface area contributed by atoms with Crippen LogP contribution in [0.2, 0.25) is 15.1 Å². The van der Waals surface area contributed by atoms with Gasteiger partial charge < -0.3 is 10.2 Å². The number of benzene rings is 2. The van der Waals surface area contributed by atoms with Gasteiger partial charge in [-0.15, -0.1) is 0 Å².